The zero-order valence-corrected chi connectivity index (χ0v) is 10.5. The Balaban J connectivity index is 1.94. The quantitative estimate of drug-likeness (QED) is 0.781. The Morgan fingerprint density at radius 3 is 3.06 bits per heavy atom. The number of nitrogens with zero attached hydrogens (tertiary/aromatic N) is 1. The van der Waals surface area contributed by atoms with Crippen molar-refractivity contribution in [3.63, 3.8) is 0 Å². The summed E-state index contributed by atoms with van der Waals surface area (Å²) in [5.41, 5.74) is 1.33. The average molecular weight is 233 g/mol. The van der Waals surface area contributed by atoms with Crippen molar-refractivity contribution in [2.45, 2.75) is 12.8 Å². The Hall–Kier alpha value is -1.22. The molecule has 2 heterocycles. The van der Waals surface area contributed by atoms with Crippen LogP contribution in [0.1, 0.15) is 18.4 Å². The molecule has 0 aliphatic carbocycles. The first-order valence-corrected chi connectivity index (χ1v) is 6.35. The largest absolute Gasteiger partial charge is 0.497 e. The SMILES string of the molecule is CCN1C[C@@H]2COc3ccc(OC)cc3[C@@H]2C1. The summed E-state index contributed by atoms with van der Waals surface area (Å²) in [6, 6.07) is 6.16. The van der Waals surface area contributed by atoms with Crippen LogP contribution in [0, 0.1) is 5.92 Å². The molecule has 0 unspecified atom stereocenters. The average Bonchev–Trinajstić information content (AvgIpc) is 2.81. The Kier molecular flexibility index (Phi) is 2.71. The topological polar surface area (TPSA) is 21.7 Å². The molecule has 3 heteroatoms. The lowest BCUT2D eigenvalue weighted by Gasteiger charge is -2.28. The summed E-state index contributed by atoms with van der Waals surface area (Å²) in [5, 5.41) is 0. The zero-order valence-electron chi connectivity index (χ0n) is 10.5. The monoisotopic (exact) mass is 233 g/mol. The lowest BCUT2D eigenvalue weighted by molar-refractivity contribution is 0.213. The van der Waals surface area contributed by atoms with E-state index in [9.17, 15) is 0 Å². The predicted octanol–water partition coefficient (Wildman–Crippen LogP) is 2.12. The molecular formula is C14H19NO2. The van der Waals surface area contributed by atoms with Crippen molar-refractivity contribution in [1.29, 1.82) is 0 Å². The number of methoxy groups -OCH3 is 1. The first-order chi connectivity index (χ1) is 8.31. The highest BCUT2D eigenvalue weighted by molar-refractivity contribution is 5.44. The second-order valence-corrected chi connectivity index (χ2v) is 4.93. The van der Waals surface area contributed by atoms with Gasteiger partial charge in [-0.3, -0.25) is 0 Å². The lowest BCUT2D eigenvalue weighted by Crippen LogP contribution is -2.25. The molecule has 2 atom stereocenters. The Morgan fingerprint density at radius 2 is 2.29 bits per heavy atom. The summed E-state index contributed by atoms with van der Waals surface area (Å²) >= 11 is 0. The number of rotatable bonds is 2. The van der Waals surface area contributed by atoms with Gasteiger partial charge in [0.1, 0.15) is 11.5 Å². The van der Waals surface area contributed by atoms with E-state index in [1.165, 1.54) is 5.56 Å². The summed E-state index contributed by atoms with van der Waals surface area (Å²) in [4.78, 5) is 2.51. The summed E-state index contributed by atoms with van der Waals surface area (Å²) in [7, 11) is 1.72. The van der Waals surface area contributed by atoms with Crippen molar-refractivity contribution in [3.8, 4) is 11.5 Å². The molecular weight excluding hydrogens is 214 g/mol. The third-order valence-electron chi connectivity index (χ3n) is 4.03. The van der Waals surface area contributed by atoms with Crippen molar-refractivity contribution in [2.24, 2.45) is 5.92 Å². The van der Waals surface area contributed by atoms with E-state index in [0.29, 0.717) is 11.8 Å². The van der Waals surface area contributed by atoms with Gasteiger partial charge < -0.3 is 14.4 Å². The van der Waals surface area contributed by atoms with E-state index in [1.54, 1.807) is 7.11 Å². The van der Waals surface area contributed by atoms with Gasteiger partial charge in [-0.15, -0.1) is 0 Å². The third kappa shape index (κ3) is 1.78. The van der Waals surface area contributed by atoms with E-state index in [4.69, 9.17) is 9.47 Å². The number of hydrogen-bond acceptors (Lipinski definition) is 3. The van der Waals surface area contributed by atoms with Crippen LogP contribution in [0.4, 0.5) is 0 Å². The number of fused-ring (bicyclic) bond motifs is 3. The van der Waals surface area contributed by atoms with E-state index in [-0.39, 0.29) is 0 Å². The second kappa shape index (κ2) is 4.22. The molecule has 0 saturated carbocycles. The second-order valence-electron chi connectivity index (χ2n) is 4.93. The van der Waals surface area contributed by atoms with Crippen LogP contribution in [-0.4, -0.2) is 38.3 Å². The highest BCUT2D eigenvalue weighted by Gasteiger charge is 2.38. The van der Waals surface area contributed by atoms with Gasteiger partial charge in [0, 0.05) is 30.5 Å². The normalized spacial score (nSPS) is 27.2. The number of likely N-dealkylation sites (tertiary alicyclic amines) is 1. The maximum atomic E-state index is 5.85. The summed E-state index contributed by atoms with van der Waals surface area (Å²) < 4.78 is 11.2. The van der Waals surface area contributed by atoms with Crippen molar-refractivity contribution in [2.75, 3.05) is 33.4 Å². The molecule has 0 N–H and O–H groups in total. The van der Waals surface area contributed by atoms with Gasteiger partial charge in [0.2, 0.25) is 0 Å². The molecule has 2 aliphatic heterocycles. The minimum absolute atomic E-state index is 0.619. The van der Waals surface area contributed by atoms with Crippen LogP contribution < -0.4 is 9.47 Å². The molecule has 1 aromatic carbocycles. The van der Waals surface area contributed by atoms with E-state index in [0.717, 1.165) is 37.7 Å². The van der Waals surface area contributed by atoms with Gasteiger partial charge in [0.05, 0.1) is 13.7 Å². The molecule has 92 valence electrons. The number of benzene rings is 1. The van der Waals surface area contributed by atoms with E-state index >= 15 is 0 Å². The molecule has 2 aliphatic rings. The molecule has 0 radical (unpaired) electrons. The Morgan fingerprint density at radius 1 is 1.41 bits per heavy atom. The van der Waals surface area contributed by atoms with Crippen molar-refractivity contribution in [3.05, 3.63) is 23.8 Å². The first kappa shape index (κ1) is 10.9. The van der Waals surface area contributed by atoms with Gasteiger partial charge in [-0.2, -0.15) is 0 Å². The van der Waals surface area contributed by atoms with Crippen LogP contribution in [0.5, 0.6) is 11.5 Å². The van der Waals surface area contributed by atoms with Crippen LogP contribution in [0.25, 0.3) is 0 Å². The standard InChI is InChI=1S/C14H19NO2/c1-3-15-7-10-9-17-14-5-4-11(16-2)6-12(14)13(10)8-15/h4-6,10,13H,3,7-9H2,1-2H3/t10-,13-/m1/s1. The van der Waals surface area contributed by atoms with Crippen LogP contribution in [0.3, 0.4) is 0 Å². The van der Waals surface area contributed by atoms with Crippen LogP contribution in [0.2, 0.25) is 0 Å². The van der Waals surface area contributed by atoms with Crippen LogP contribution in [0.15, 0.2) is 18.2 Å². The molecule has 1 fully saturated rings. The Labute approximate surface area is 102 Å². The maximum Gasteiger partial charge on any atom is 0.123 e. The van der Waals surface area contributed by atoms with Crippen LogP contribution >= 0.6 is 0 Å². The maximum absolute atomic E-state index is 5.85. The highest BCUT2D eigenvalue weighted by atomic mass is 16.5. The molecule has 1 saturated heterocycles. The number of hydrogen-bond donors (Lipinski definition) is 0. The zero-order chi connectivity index (χ0) is 11.8. The first-order valence-electron chi connectivity index (χ1n) is 6.35. The smallest absolute Gasteiger partial charge is 0.123 e. The van der Waals surface area contributed by atoms with Gasteiger partial charge >= 0.3 is 0 Å². The summed E-state index contributed by atoms with van der Waals surface area (Å²) in [5.74, 6) is 3.25. The molecule has 17 heavy (non-hydrogen) atoms. The summed E-state index contributed by atoms with van der Waals surface area (Å²) in [6.45, 7) is 6.54. The molecule has 0 spiro atoms. The van der Waals surface area contributed by atoms with Crippen molar-refractivity contribution >= 4 is 0 Å². The lowest BCUT2D eigenvalue weighted by atomic mass is 9.87. The predicted molar refractivity (Wildman–Crippen MR) is 66.8 cm³/mol. The fraction of sp³-hybridized carbons (Fsp3) is 0.571. The third-order valence-corrected chi connectivity index (χ3v) is 4.03. The van der Waals surface area contributed by atoms with Gasteiger partial charge in [-0.1, -0.05) is 6.92 Å². The molecule has 3 nitrogen and oxygen atoms in total. The fourth-order valence-corrected chi connectivity index (χ4v) is 3.01. The Bertz CT molecular complexity index is 419. The molecule has 3 rings (SSSR count). The van der Waals surface area contributed by atoms with Gasteiger partial charge in [-0.05, 0) is 24.7 Å². The minimum Gasteiger partial charge on any atom is -0.497 e. The molecule has 0 amide bonds. The van der Waals surface area contributed by atoms with Gasteiger partial charge in [0.25, 0.3) is 0 Å². The van der Waals surface area contributed by atoms with Gasteiger partial charge in [-0.25, -0.2) is 0 Å². The van der Waals surface area contributed by atoms with E-state index in [2.05, 4.69) is 17.9 Å². The fourth-order valence-electron chi connectivity index (χ4n) is 3.01. The molecule has 1 aromatic rings. The number of likely N-dealkylation sites (N-methyl/N-ethyl adjacent to an activating group) is 1. The van der Waals surface area contributed by atoms with Crippen molar-refractivity contribution < 1.29 is 9.47 Å². The number of ether oxygens (including phenoxy) is 2. The van der Waals surface area contributed by atoms with Crippen LogP contribution in [-0.2, 0) is 0 Å². The van der Waals surface area contributed by atoms with E-state index < -0.39 is 0 Å². The highest BCUT2D eigenvalue weighted by Crippen LogP contribution is 2.42. The van der Waals surface area contributed by atoms with E-state index in [1.807, 2.05) is 12.1 Å². The minimum atomic E-state index is 0.619. The summed E-state index contributed by atoms with van der Waals surface area (Å²) in [6.07, 6.45) is 0. The molecule has 0 bridgehead atoms. The molecule has 0 aromatic heterocycles. The van der Waals surface area contributed by atoms with Gasteiger partial charge in [0.15, 0.2) is 0 Å². The van der Waals surface area contributed by atoms with Crippen molar-refractivity contribution in [1.82, 2.24) is 4.90 Å².